The van der Waals surface area contributed by atoms with Gasteiger partial charge in [0.1, 0.15) is 5.78 Å². The molecule has 2 N–H and O–H groups in total. The van der Waals surface area contributed by atoms with E-state index in [0.29, 0.717) is 6.42 Å². The highest BCUT2D eigenvalue weighted by Gasteiger charge is 2.12. The first-order chi connectivity index (χ1) is 6.26. The fourth-order valence-corrected chi connectivity index (χ4v) is 1.23. The zero-order chi connectivity index (χ0) is 10.1. The van der Waals surface area contributed by atoms with Gasteiger partial charge in [-0.25, -0.2) is 0 Å². The first kappa shape index (κ1) is 12.7. The first-order valence-electron chi connectivity index (χ1n) is 4.89. The third kappa shape index (κ3) is 5.83. The summed E-state index contributed by atoms with van der Waals surface area (Å²) in [6, 6.07) is -0.151. The summed E-state index contributed by atoms with van der Waals surface area (Å²) in [6.45, 7) is 2.86. The van der Waals surface area contributed by atoms with Gasteiger partial charge in [-0.2, -0.15) is 0 Å². The summed E-state index contributed by atoms with van der Waals surface area (Å²) in [7, 11) is 7.20. The zero-order valence-electron chi connectivity index (χ0n) is 8.60. The van der Waals surface area contributed by atoms with Gasteiger partial charge in [0.05, 0.1) is 6.04 Å². The van der Waals surface area contributed by atoms with Crippen LogP contribution in [0.2, 0.25) is 0 Å². The lowest BCUT2D eigenvalue weighted by atomic mass is 10.0. The van der Waals surface area contributed by atoms with Crippen molar-refractivity contribution >= 4 is 13.8 Å². The third-order valence-corrected chi connectivity index (χ3v) is 2.11. The molecular weight excluding hydrogens is 163 g/mol. The monoisotopic (exact) mass is 182 g/mol. The van der Waals surface area contributed by atoms with Gasteiger partial charge >= 0.3 is 0 Å². The largest absolute Gasteiger partial charge is 0.358 e. The van der Waals surface area contributed by atoms with Crippen molar-refractivity contribution in [1.29, 1.82) is 0 Å². The summed E-state index contributed by atoms with van der Waals surface area (Å²) in [5.74, 6) is 0.201. The lowest BCUT2D eigenvalue weighted by molar-refractivity contribution is -0.120. The van der Waals surface area contributed by atoms with Gasteiger partial charge in [0, 0.05) is 6.42 Å². The van der Waals surface area contributed by atoms with Gasteiger partial charge in [-0.3, -0.25) is 4.79 Å². The van der Waals surface area contributed by atoms with Crippen LogP contribution in [0.1, 0.15) is 32.6 Å². The molecule has 3 nitrogen and oxygen atoms in total. The molecule has 13 heavy (non-hydrogen) atoms. The summed E-state index contributed by atoms with van der Waals surface area (Å²) in [5.41, 5.74) is 0. The molecule has 4 heteroatoms. The van der Waals surface area contributed by atoms with Crippen LogP contribution in [0.15, 0.2) is 0 Å². The molecule has 0 saturated heterocycles. The molecule has 0 aliphatic rings. The Hall–Kier alpha value is -0.345. The Morgan fingerprint density at radius 1 is 1.46 bits per heavy atom. The number of rotatable bonds is 8. The van der Waals surface area contributed by atoms with E-state index in [0.717, 1.165) is 25.8 Å². The van der Waals surface area contributed by atoms with E-state index in [1.807, 2.05) is 14.0 Å². The molecule has 0 aromatic rings. The maximum atomic E-state index is 11.2. The maximum absolute atomic E-state index is 11.2. The highest BCUT2D eigenvalue weighted by Crippen LogP contribution is 2.02. The standard InChI is InChI=1S/C9H19BN2O/c1-3-9(13)8(12-10)6-4-5-7-11-2/h8,11-12H,3-7H2,1-2H3. The molecule has 0 aliphatic heterocycles. The van der Waals surface area contributed by atoms with E-state index < -0.39 is 0 Å². The van der Waals surface area contributed by atoms with Gasteiger partial charge in [0.25, 0.3) is 0 Å². The van der Waals surface area contributed by atoms with E-state index in [9.17, 15) is 4.79 Å². The molecule has 0 aromatic carbocycles. The van der Waals surface area contributed by atoms with Crippen molar-refractivity contribution < 1.29 is 4.79 Å². The topological polar surface area (TPSA) is 41.1 Å². The lowest BCUT2D eigenvalue weighted by Crippen LogP contribution is -2.34. The second-order valence-corrected chi connectivity index (χ2v) is 3.14. The van der Waals surface area contributed by atoms with Crippen LogP contribution in [-0.4, -0.2) is 33.4 Å². The summed E-state index contributed by atoms with van der Waals surface area (Å²) >= 11 is 0. The van der Waals surface area contributed by atoms with Gasteiger partial charge in [-0.05, 0) is 26.4 Å². The fraction of sp³-hybridized carbons (Fsp3) is 0.889. The van der Waals surface area contributed by atoms with Crippen LogP contribution in [-0.2, 0) is 4.79 Å². The summed E-state index contributed by atoms with van der Waals surface area (Å²) < 4.78 is 0. The van der Waals surface area contributed by atoms with E-state index in [-0.39, 0.29) is 11.8 Å². The Balaban J connectivity index is 3.53. The van der Waals surface area contributed by atoms with Crippen molar-refractivity contribution in [2.45, 2.75) is 38.6 Å². The minimum atomic E-state index is -0.151. The van der Waals surface area contributed by atoms with Crippen molar-refractivity contribution in [2.75, 3.05) is 13.6 Å². The minimum absolute atomic E-state index is 0.151. The van der Waals surface area contributed by atoms with Crippen LogP contribution in [0.25, 0.3) is 0 Å². The van der Waals surface area contributed by atoms with E-state index in [2.05, 4.69) is 10.5 Å². The van der Waals surface area contributed by atoms with Crippen LogP contribution in [0, 0.1) is 0 Å². The summed E-state index contributed by atoms with van der Waals surface area (Å²) in [6.07, 6.45) is 3.51. The average Bonchev–Trinajstić information content (AvgIpc) is 2.17. The number of hydrogen-bond donors (Lipinski definition) is 2. The summed E-state index contributed by atoms with van der Waals surface area (Å²) in [5, 5.41) is 5.63. The van der Waals surface area contributed by atoms with Crippen molar-refractivity contribution in [3.63, 3.8) is 0 Å². The predicted molar refractivity (Wildman–Crippen MR) is 55.8 cm³/mol. The number of unbranched alkanes of at least 4 members (excludes halogenated alkanes) is 1. The van der Waals surface area contributed by atoms with Gasteiger partial charge in [-0.15, -0.1) is 0 Å². The van der Waals surface area contributed by atoms with Crippen LogP contribution in [0.5, 0.6) is 0 Å². The molecule has 2 radical (unpaired) electrons. The smallest absolute Gasteiger partial charge is 0.178 e. The second-order valence-electron chi connectivity index (χ2n) is 3.14. The molecule has 0 aromatic heterocycles. The van der Waals surface area contributed by atoms with Crippen LogP contribution < -0.4 is 10.5 Å². The van der Waals surface area contributed by atoms with Crippen molar-refractivity contribution in [2.24, 2.45) is 0 Å². The fourth-order valence-electron chi connectivity index (χ4n) is 1.23. The van der Waals surface area contributed by atoms with E-state index >= 15 is 0 Å². The van der Waals surface area contributed by atoms with Gasteiger partial charge in [-0.1, -0.05) is 13.3 Å². The van der Waals surface area contributed by atoms with Crippen molar-refractivity contribution in [3.05, 3.63) is 0 Å². The highest BCUT2D eigenvalue weighted by atomic mass is 16.1. The molecule has 0 amide bonds. The second kappa shape index (κ2) is 8.26. The molecule has 1 unspecified atom stereocenters. The van der Waals surface area contributed by atoms with E-state index in [4.69, 9.17) is 7.98 Å². The number of carbonyl (C=O) groups excluding carboxylic acids is 1. The Kier molecular flexibility index (Phi) is 8.04. The molecule has 0 heterocycles. The van der Waals surface area contributed by atoms with Crippen LogP contribution in [0.4, 0.5) is 0 Å². The van der Waals surface area contributed by atoms with E-state index in [1.54, 1.807) is 0 Å². The van der Waals surface area contributed by atoms with Gasteiger partial charge in [0.15, 0.2) is 7.98 Å². The number of nitrogens with one attached hydrogen (secondary N) is 2. The Morgan fingerprint density at radius 2 is 2.15 bits per heavy atom. The Bertz CT molecular complexity index is 142. The van der Waals surface area contributed by atoms with Crippen LogP contribution >= 0.6 is 0 Å². The Labute approximate surface area is 82.1 Å². The SMILES string of the molecule is [B]NC(CCCCNC)C(=O)CC. The highest BCUT2D eigenvalue weighted by molar-refractivity contribution is 6.06. The van der Waals surface area contributed by atoms with Crippen LogP contribution in [0.3, 0.4) is 0 Å². The zero-order valence-corrected chi connectivity index (χ0v) is 8.60. The lowest BCUT2D eigenvalue weighted by Gasteiger charge is -2.13. The molecule has 0 saturated carbocycles. The normalized spacial score (nSPS) is 12.8. The van der Waals surface area contributed by atoms with Gasteiger partial charge < -0.3 is 10.5 Å². The molecule has 74 valence electrons. The van der Waals surface area contributed by atoms with Gasteiger partial charge in [0.2, 0.25) is 0 Å². The molecule has 0 fully saturated rings. The molecular formula is C9H19BN2O. The maximum Gasteiger partial charge on any atom is 0.178 e. The first-order valence-corrected chi connectivity index (χ1v) is 4.89. The molecule has 0 aliphatic carbocycles. The number of ketones is 1. The summed E-state index contributed by atoms with van der Waals surface area (Å²) in [4.78, 5) is 11.2. The van der Waals surface area contributed by atoms with Crippen molar-refractivity contribution in [1.82, 2.24) is 10.5 Å². The average molecular weight is 182 g/mol. The number of hydrogen-bond acceptors (Lipinski definition) is 3. The molecule has 0 bridgehead atoms. The minimum Gasteiger partial charge on any atom is -0.358 e. The molecule has 1 atom stereocenters. The third-order valence-electron chi connectivity index (χ3n) is 2.11. The van der Waals surface area contributed by atoms with Crippen molar-refractivity contribution in [3.8, 4) is 0 Å². The number of carbonyl (C=O) groups is 1. The Morgan fingerprint density at radius 3 is 2.62 bits per heavy atom. The molecule has 0 spiro atoms. The molecule has 0 rings (SSSR count). The van der Waals surface area contributed by atoms with E-state index in [1.165, 1.54) is 0 Å². The quantitative estimate of drug-likeness (QED) is 0.421. The number of Topliss-reactive ketones (excluding diaryl/α,β-unsaturated/α-hetero) is 1. The predicted octanol–water partition coefficient (Wildman–Crippen LogP) is 0.397.